The number of anilines is 1. The number of methoxy groups -OCH3 is 1. The molecular formula is C22H22BrFN2O5S2. The number of hydrogen-bond acceptors (Lipinski definition) is 7. The number of carbonyl (C=O) groups excluding carboxylic acids is 1. The average Bonchev–Trinajstić information content (AvgIpc) is 3.22. The van der Waals surface area contributed by atoms with Gasteiger partial charge in [0, 0.05) is 0 Å². The van der Waals surface area contributed by atoms with Crippen molar-refractivity contribution in [2.75, 3.05) is 11.4 Å². The SMILES string of the molecule is COc1ccc(CN(c2scnc2C(=O)OC(C)(C)C)S(=O)(=O)c2ccc(Br)c(F)c2)cc1. The quantitative estimate of drug-likeness (QED) is 0.362. The van der Waals surface area contributed by atoms with E-state index >= 15 is 0 Å². The smallest absolute Gasteiger partial charge is 0.360 e. The highest BCUT2D eigenvalue weighted by atomic mass is 79.9. The standard InChI is InChI=1S/C22H22BrFN2O5S2/c1-22(2,3)31-21(27)19-20(32-13-25-19)26(12-14-5-7-15(30-4)8-6-14)33(28,29)16-9-10-17(23)18(24)11-16/h5-11,13H,12H2,1-4H3. The van der Waals surface area contributed by atoms with Gasteiger partial charge in [0.2, 0.25) is 0 Å². The highest BCUT2D eigenvalue weighted by Crippen LogP contribution is 2.34. The molecule has 0 fully saturated rings. The van der Waals surface area contributed by atoms with Crippen molar-refractivity contribution in [3.8, 4) is 5.75 Å². The molecule has 3 rings (SSSR count). The summed E-state index contributed by atoms with van der Waals surface area (Å²) in [5.41, 5.74) is 1.06. The molecule has 1 aromatic heterocycles. The van der Waals surface area contributed by atoms with Gasteiger partial charge in [0.25, 0.3) is 10.0 Å². The topological polar surface area (TPSA) is 85.8 Å². The predicted octanol–water partition coefficient (Wildman–Crippen LogP) is 5.40. The number of esters is 1. The number of benzene rings is 2. The largest absolute Gasteiger partial charge is 0.497 e. The van der Waals surface area contributed by atoms with Crippen molar-refractivity contribution in [1.29, 1.82) is 0 Å². The monoisotopic (exact) mass is 556 g/mol. The van der Waals surface area contributed by atoms with Gasteiger partial charge in [-0.15, -0.1) is 11.3 Å². The van der Waals surface area contributed by atoms with Crippen LogP contribution >= 0.6 is 27.3 Å². The zero-order valence-electron chi connectivity index (χ0n) is 18.3. The number of thiazole rings is 1. The van der Waals surface area contributed by atoms with E-state index in [0.29, 0.717) is 11.3 Å². The first-order valence-corrected chi connectivity index (χ1v) is 12.8. The van der Waals surface area contributed by atoms with Crippen LogP contribution in [0.25, 0.3) is 0 Å². The molecule has 3 aromatic rings. The molecule has 0 aliphatic heterocycles. The summed E-state index contributed by atoms with van der Waals surface area (Å²) in [5, 5.41) is 0.0726. The van der Waals surface area contributed by atoms with E-state index in [9.17, 15) is 17.6 Å². The molecular weight excluding hydrogens is 535 g/mol. The number of hydrogen-bond donors (Lipinski definition) is 0. The van der Waals surface area contributed by atoms with Crippen LogP contribution in [0, 0.1) is 5.82 Å². The van der Waals surface area contributed by atoms with Gasteiger partial charge in [-0.25, -0.2) is 22.6 Å². The van der Waals surface area contributed by atoms with Crippen molar-refractivity contribution < 1.29 is 27.1 Å². The number of carbonyl (C=O) groups is 1. The first-order chi connectivity index (χ1) is 15.4. The third-order valence-corrected chi connectivity index (χ3v) is 7.68. The number of sulfonamides is 1. The summed E-state index contributed by atoms with van der Waals surface area (Å²) in [6, 6.07) is 10.3. The normalized spacial score (nSPS) is 11.8. The number of ether oxygens (including phenoxy) is 2. The number of nitrogens with zero attached hydrogens (tertiary/aromatic N) is 2. The van der Waals surface area contributed by atoms with Crippen LogP contribution < -0.4 is 9.04 Å². The Bertz CT molecular complexity index is 1250. The molecule has 0 spiro atoms. The molecule has 0 N–H and O–H groups in total. The third-order valence-electron chi connectivity index (χ3n) is 4.33. The van der Waals surface area contributed by atoms with Gasteiger partial charge in [-0.3, -0.25) is 4.31 Å². The van der Waals surface area contributed by atoms with E-state index in [1.165, 1.54) is 24.8 Å². The lowest BCUT2D eigenvalue weighted by Crippen LogP contribution is -2.32. The maximum Gasteiger partial charge on any atom is 0.360 e. The molecule has 0 saturated carbocycles. The van der Waals surface area contributed by atoms with Crippen LogP contribution in [-0.2, 0) is 21.3 Å². The van der Waals surface area contributed by atoms with E-state index in [-0.39, 0.29) is 26.6 Å². The lowest BCUT2D eigenvalue weighted by molar-refractivity contribution is 0.00646. The minimum atomic E-state index is -4.27. The molecule has 0 unspecified atom stereocenters. The van der Waals surface area contributed by atoms with E-state index in [1.54, 1.807) is 45.0 Å². The molecule has 7 nitrogen and oxygen atoms in total. The van der Waals surface area contributed by atoms with Crippen LogP contribution in [0.15, 0.2) is 57.3 Å². The Labute approximate surface area is 204 Å². The Morgan fingerprint density at radius 1 is 1.18 bits per heavy atom. The second kappa shape index (κ2) is 9.78. The molecule has 0 aliphatic carbocycles. The van der Waals surface area contributed by atoms with Gasteiger partial charge in [0.1, 0.15) is 22.2 Å². The number of rotatable bonds is 7. The Morgan fingerprint density at radius 2 is 1.85 bits per heavy atom. The van der Waals surface area contributed by atoms with Crippen molar-refractivity contribution in [3.63, 3.8) is 0 Å². The van der Waals surface area contributed by atoms with Crippen LogP contribution in [0.3, 0.4) is 0 Å². The molecule has 0 radical (unpaired) electrons. The van der Waals surface area contributed by atoms with Crippen molar-refractivity contribution in [3.05, 3.63) is 69.5 Å². The summed E-state index contributed by atoms with van der Waals surface area (Å²) in [4.78, 5) is 16.6. The molecule has 0 bridgehead atoms. The van der Waals surface area contributed by atoms with E-state index in [0.717, 1.165) is 21.7 Å². The Hall–Kier alpha value is -2.50. The highest BCUT2D eigenvalue weighted by molar-refractivity contribution is 9.10. The van der Waals surface area contributed by atoms with Gasteiger partial charge in [-0.2, -0.15) is 0 Å². The van der Waals surface area contributed by atoms with E-state index < -0.39 is 27.4 Å². The molecule has 11 heteroatoms. The van der Waals surface area contributed by atoms with Crippen LogP contribution in [0.4, 0.5) is 9.39 Å². The molecule has 1 heterocycles. The first-order valence-electron chi connectivity index (χ1n) is 9.70. The average molecular weight is 557 g/mol. The molecule has 176 valence electrons. The summed E-state index contributed by atoms with van der Waals surface area (Å²) < 4.78 is 53.2. The van der Waals surface area contributed by atoms with Gasteiger partial charge < -0.3 is 9.47 Å². The molecule has 0 amide bonds. The maximum atomic E-state index is 14.2. The fourth-order valence-electron chi connectivity index (χ4n) is 2.81. The molecule has 0 saturated heterocycles. The van der Waals surface area contributed by atoms with Crippen LogP contribution in [0.5, 0.6) is 5.75 Å². The Kier molecular flexibility index (Phi) is 7.45. The van der Waals surface area contributed by atoms with E-state index in [1.807, 2.05) is 0 Å². The van der Waals surface area contributed by atoms with Crippen molar-refractivity contribution in [2.45, 2.75) is 37.8 Å². The molecule has 0 aliphatic rings. The van der Waals surface area contributed by atoms with Gasteiger partial charge in [0.05, 0.1) is 28.5 Å². The summed E-state index contributed by atoms with van der Waals surface area (Å²) in [5.74, 6) is -0.872. The minimum Gasteiger partial charge on any atom is -0.497 e. The molecule has 2 aromatic carbocycles. The van der Waals surface area contributed by atoms with Gasteiger partial charge in [-0.05, 0) is 72.6 Å². The van der Waals surface area contributed by atoms with Crippen LogP contribution in [-0.4, -0.2) is 32.1 Å². The summed E-state index contributed by atoms with van der Waals surface area (Å²) in [6.45, 7) is 4.98. The maximum absolute atomic E-state index is 14.2. The molecule has 33 heavy (non-hydrogen) atoms. The second-order valence-corrected chi connectivity index (χ2v) is 11.5. The predicted molar refractivity (Wildman–Crippen MR) is 128 cm³/mol. The molecule has 0 atom stereocenters. The summed E-state index contributed by atoms with van der Waals surface area (Å²) >= 11 is 4.01. The second-order valence-electron chi connectivity index (χ2n) is 7.94. The summed E-state index contributed by atoms with van der Waals surface area (Å²) in [6.07, 6.45) is 0. The van der Waals surface area contributed by atoms with Gasteiger partial charge >= 0.3 is 5.97 Å². The van der Waals surface area contributed by atoms with E-state index in [4.69, 9.17) is 9.47 Å². The minimum absolute atomic E-state index is 0.0726. The Balaban J connectivity index is 2.11. The fraction of sp³-hybridized carbons (Fsp3) is 0.273. The zero-order valence-corrected chi connectivity index (χ0v) is 21.6. The van der Waals surface area contributed by atoms with Gasteiger partial charge in [0.15, 0.2) is 5.69 Å². The van der Waals surface area contributed by atoms with Crippen molar-refractivity contribution in [2.24, 2.45) is 0 Å². The van der Waals surface area contributed by atoms with Crippen LogP contribution in [0.1, 0.15) is 36.8 Å². The first kappa shape index (κ1) is 25.1. The van der Waals surface area contributed by atoms with Crippen LogP contribution in [0.2, 0.25) is 0 Å². The van der Waals surface area contributed by atoms with E-state index in [2.05, 4.69) is 20.9 Å². The van der Waals surface area contributed by atoms with Crippen molar-refractivity contribution in [1.82, 2.24) is 4.98 Å². The highest BCUT2D eigenvalue weighted by Gasteiger charge is 2.33. The Morgan fingerprint density at radius 3 is 2.42 bits per heavy atom. The fourth-order valence-corrected chi connectivity index (χ4v) is 5.54. The lowest BCUT2D eigenvalue weighted by Gasteiger charge is -2.25. The zero-order chi connectivity index (χ0) is 24.4. The number of aromatic nitrogens is 1. The lowest BCUT2D eigenvalue weighted by atomic mass is 10.2. The third kappa shape index (κ3) is 5.90. The van der Waals surface area contributed by atoms with Gasteiger partial charge in [-0.1, -0.05) is 12.1 Å². The number of halogens is 2. The van der Waals surface area contributed by atoms with Crippen molar-refractivity contribution >= 4 is 48.3 Å². The summed E-state index contributed by atoms with van der Waals surface area (Å²) in [7, 11) is -2.75.